The highest BCUT2D eigenvalue weighted by atomic mass is 35.5. The summed E-state index contributed by atoms with van der Waals surface area (Å²) in [6, 6.07) is 9.39. The lowest BCUT2D eigenvalue weighted by Crippen LogP contribution is -2.30. The highest BCUT2D eigenvalue weighted by molar-refractivity contribution is 6.31. The Morgan fingerprint density at radius 2 is 2.00 bits per heavy atom. The Morgan fingerprint density at radius 1 is 1.35 bits per heavy atom. The van der Waals surface area contributed by atoms with E-state index < -0.39 is 11.9 Å². The summed E-state index contributed by atoms with van der Waals surface area (Å²) in [5.41, 5.74) is 2.10. The van der Waals surface area contributed by atoms with Crippen molar-refractivity contribution in [1.29, 1.82) is 0 Å². The summed E-state index contributed by atoms with van der Waals surface area (Å²) in [5, 5.41) is 13.4. The van der Waals surface area contributed by atoms with E-state index in [1.807, 2.05) is 30.3 Å². The molecule has 0 aliphatic rings. The second-order valence-corrected chi connectivity index (χ2v) is 5.32. The van der Waals surface area contributed by atoms with Crippen molar-refractivity contribution in [3.8, 4) is 5.69 Å². The maximum Gasteiger partial charge on any atom is 0.323 e. The summed E-state index contributed by atoms with van der Waals surface area (Å²) < 4.78 is 1.59. The first-order chi connectivity index (χ1) is 10.9. The predicted octanol–water partition coefficient (Wildman–Crippen LogP) is 2.39. The van der Waals surface area contributed by atoms with Gasteiger partial charge in [-0.25, -0.2) is 4.68 Å². The van der Waals surface area contributed by atoms with Crippen molar-refractivity contribution >= 4 is 29.6 Å². The Labute approximate surface area is 138 Å². The normalized spacial score (nSPS) is 10.9. The summed E-state index contributed by atoms with van der Waals surface area (Å²) in [7, 11) is 1.42. The topological polar surface area (TPSA) is 75.4 Å². The first kappa shape index (κ1) is 16.8. The number of amides is 1. The van der Waals surface area contributed by atoms with Crippen molar-refractivity contribution in [2.75, 3.05) is 13.6 Å². The molecule has 0 saturated carbocycles. The summed E-state index contributed by atoms with van der Waals surface area (Å²) >= 11 is 6.34. The van der Waals surface area contributed by atoms with Crippen LogP contribution in [0.1, 0.15) is 11.3 Å². The molecule has 6 nitrogen and oxygen atoms in total. The van der Waals surface area contributed by atoms with Crippen LogP contribution in [0.5, 0.6) is 0 Å². The van der Waals surface area contributed by atoms with Gasteiger partial charge in [0.25, 0.3) is 0 Å². The van der Waals surface area contributed by atoms with Crippen molar-refractivity contribution in [2.45, 2.75) is 6.92 Å². The van der Waals surface area contributed by atoms with Gasteiger partial charge in [0.05, 0.1) is 11.4 Å². The third-order valence-electron chi connectivity index (χ3n) is 3.19. The third kappa shape index (κ3) is 3.98. The number of carbonyl (C=O) groups excluding carboxylic acids is 1. The predicted molar refractivity (Wildman–Crippen MR) is 87.6 cm³/mol. The number of rotatable bonds is 5. The van der Waals surface area contributed by atoms with E-state index in [4.69, 9.17) is 16.7 Å². The van der Waals surface area contributed by atoms with E-state index in [2.05, 4.69) is 5.10 Å². The largest absolute Gasteiger partial charge is 0.480 e. The SMILES string of the molecule is Cc1nn(-c2ccccc2)c(Cl)c1C=CC(=O)N(C)CC(=O)O. The summed E-state index contributed by atoms with van der Waals surface area (Å²) in [6.45, 7) is 1.43. The molecule has 2 rings (SSSR count). The number of aliphatic carboxylic acids is 1. The first-order valence-corrected chi connectivity index (χ1v) is 7.23. The second-order valence-electron chi connectivity index (χ2n) is 4.96. The van der Waals surface area contributed by atoms with Gasteiger partial charge in [-0.3, -0.25) is 9.59 Å². The molecule has 1 aromatic carbocycles. The summed E-state index contributed by atoms with van der Waals surface area (Å²) in [5.74, 6) is -1.49. The fourth-order valence-electron chi connectivity index (χ4n) is 2.00. The third-order valence-corrected chi connectivity index (χ3v) is 3.55. The number of hydrogen-bond donors (Lipinski definition) is 1. The molecule has 23 heavy (non-hydrogen) atoms. The Kier molecular flexibility index (Phi) is 5.18. The van der Waals surface area contributed by atoms with Gasteiger partial charge in [-0.05, 0) is 25.1 Å². The van der Waals surface area contributed by atoms with Crippen LogP contribution < -0.4 is 0 Å². The molecular weight excluding hydrogens is 318 g/mol. The zero-order valence-electron chi connectivity index (χ0n) is 12.7. The fraction of sp³-hybridized carbons (Fsp3) is 0.188. The van der Waals surface area contributed by atoms with Crippen molar-refractivity contribution in [2.24, 2.45) is 0 Å². The Balaban J connectivity index is 2.24. The lowest BCUT2D eigenvalue weighted by Gasteiger charge is -2.11. The van der Waals surface area contributed by atoms with Gasteiger partial charge >= 0.3 is 5.97 Å². The van der Waals surface area contributed by atoms with Gasteiger partial charge < -0.3 is 10.0 Å². The number of carbonyl (C=O) groups is 2. The van der Waals surface area contributed by atoms with Gasteiger partial charge in [-0.1, -0.05) is 29.8 Å². The number of carboxylic acids is 1. The minimum absolute atomic E-state index is 0.362. The molecule has 1 N–H and O–H groups in total. The zero-order chi connectivity index (χ0) is 17.0. The highest BCUT2D eigenvalue weighted by Gasteiger charge is 2.14. The molecule has 120 valence electrons. The number of aryl methyl sites for hydroxylation is 1. The highest BCUT2D eigenvalue weighted by Crippen LogP contribution is 2.24. The Hall–Kier alpha value is -2.60. The molecular formula is C16H16ClN3O3. The maximum atomic E-state index is 11.9. The molecule has 1 heterocycles. The number of aromatic nitrogens is 2. The molecule has 0 atom stereocenters. The molecule has 0 radical (unpaired) electrons. The number of halogens is 1. The van der Waals surface area contributed by atoms with Gasteiger partial charge in [0.15, 0.2) is 0 Å². The van der Waals surface area contributed by atoms with Crippen LogP contribution in [0, 0.1) is 6.92 Å². The van der Waals surface area contributed by atoms with E-state index in [1.165, 1.54) is 13.1 Å². The van der Waals surface area contributed by atoms with E-state index in [0.29, 0.717) is 16.4 Å². The van der Waals surface area contributed by atoms with E-state index in [0.717, 1.165) is 10.6 Å². The van der Waals surface area contributed by atoms with E-state index in [1.54, 1.807) is 17.7 Å². The van der Waals surface area contributed by atoms with Gasteiger partial charge in [-0.2, -0.15) is 5.10 Å². The minimum Gasteiger partial charge on any atom is -0.480 e. The molecule has 0 unspecified atom stereocenters. The summed E-state index contributed by atoms with van der Waals surface area (Å²) in [4.78, 5) is 23.6. The van der Waals surface area contributed by atoms with Crippen molar-refractivity contribution in [3.05, 3.63) is 52.8 Å². The first-order valence-electron chi connectivity index (χ1n) is 6.85. The quantitative estimate of drug-likeness (QED) is 0.852. The van der Waals surface area contributed by atoms with Crippen LogP contribution in [-0.2, 0) is 9.59 Å². The van der Waals surface area contributed by atoms with Crippen LogP contribution in [0.15, 0.2) is 36.4 Å². The van der Waals surface area contributed by atoms with Gasteiger partial charge in [0.2, 0.25) is 5.91 Å². The number of likely N-dealkylation sites (N-methyl/N-ethyl adjacent to an activating group) is 1. The smallest absolute Gasteiger partial charge is 0.323 e. The fourth-order valence-corrected chi connectivity index (χ4v) is 2.34. The lowest BCUT2D eigenvalue weighted by molar-refractivity contribution is -0.141. The Bertz CT molecular complexity index is 753. The zero-order valence-corrected chi connectivity index (χ0v) is 13.5. The second kappa shape index (κ2) is 7.11. The molecule has 0 bridgehead atoms. The maximum absolute atomic E-state index is 11.9. The molecule has 0 aliphatic heterocycles. The molecule has 0 saturated heterocycles. The monoisotopic (exact) mass is 333 g/mol. The standard InChI is InChI=1S/C16H16ClN3O3/c1-11-13(8-9-14(21)19(2)10-15(22)23)16(17)20(18-11)12-6-4-3-5-7-12/h3-9H,10H2,1-2H3,(H,22,23). The van der Waals surface area contributed by atoms with Crippen LogP contribution in [0.3, 0.4) is 0 Å². The van der Waals surface area contributed by atoms with Crippen molar-refractivity contribution in [1.82, 2.24) is 14.7 Å². The summed E-state index contributed by atoms with van der Waals surface area (Å²) in [6.07, 6.45) is 2.83. The van der Waals surface area contributed by atoms with Gasteiger partial charge in [0, 0.05) is 18.7 Å². The molecule has 0 fully saturated rings. The minimum atomic E-state index is -1.07. The van der Waals surface area contributed by atoms with Crippen LogP contribution in [0.4, 0.5) is 0 Å². The number of nitrogens with zero attached hydrogens (tertiary/aromatic N) is 3. The average molecular weight is 334 g/mol. The molecule has 2 aromatic rings. The van der Waals surface area contributed by atoms with Crippen LogP contribution in [0.25, 0.3) is 11.8 Å². The number of para-hydroxylation sites is 1. The number of benzene rings is 1. The molecule has 0 spiro atoms. The molecule has 0 aliphatic carbocycles. The lowest BCUT2D eigenvalue weighted by atomic mass is 10.2. The van der Waals surface area contributed by atoms with Crippen LogP contribution in [-0.4, -0.2) is 45.3 Å². The molecule has 1 aromatic heterocycles. The van der Waals surface area contributed by atoms with Crippen LogP contribution in [0.2, 0.25) is 5.15 Å². The van der Waals surface area contributed by atoms with E-state index in [9.17, 15) is 9.59 Å². The van der Waals surface area contributed by atoms with Crippen LogP contribution >= 0.6 is 11.6 Å². The average Bonchev–Trinajstić information content (AvgIpc) is 2.80. The van der Waals surface area contributed by atoms with Crippen molar-refractivity contribution < 1.29 is 14.7 Å². The van der Waals surface area contributed by atoms with Gasteiger partial charge in [0.1, 0.15) is 11.7 Å². The number of hydrogen-bond acceptors (Lipinski definition) is 3. The van der Waals surface area contributed by atoms with Crippen molar-refractivity contribution in [3.63, 3.8) is 0 Å². The van der Waals surface area contributed by atoms with E-state index >= 15 is 0 Å². The van der Waals surface area contributed by atoms with Gasteiger partial charge in [-0.15, -0.1) is 0 Å². The molecule has 1 amide bonds. The molecule has 7 heteroatoms. The Morgan fingerprint density at radius 3 is 2.61 bits per heavy atom. The van der Waals surface area contributed by atoms with E-state index in [-0.39, 0.29) is 6.54 Å². The number of carboxylic acid groups (broad SMARTS) is 1.